The molecule has 1 N–H and O–H groups in total. The van der Waals surface area contributed by atoms with Gasteiger partial charge < -0.3 is 9.52 Å². The van der Waals surface area contributed by atoms with E-state index >= 15 is 0 Å². The summed E-state index contributed by atoms with van der Waals surface area (Å²) >= 11 is 0. The summed E-state index contributed by atoms with van der Waals surface area (Å²) in [5.41, 5.74) is 3.33. The number of para-hydroxylation sites is 1. The summed E-state index contributed by atoms with van der Waals surface area (Å²) in [6.07, 6.45) is 3.77. The molecule has 0 amide bonds. The van der Waals surface area contributed by atoms with Crippen LogP contribution in [-0.4, -0.2) is 14.7 Å². The zero-order chi connectivity index (χ0) is 19.5. The molecule has 0 saturated heterocycles. The Morgan fingerprint density at radius 3 is 2.50 bits per heavy atom. The van der Waals surface area contributed by atoms with Gasteiger partial charge in [-0.05, 0) is 37.1 Å². The standard InChI is InChI=1S/C23H20N2O3/c1-16-21(18-12-14-28-15-18)23(27)25(13-11-17-7-3-2-4-8-17)22(24-16)19-9-5-6-10-20(19)26/h2-10,12,14-15,26H,11,13H2,1H3. The molecule has 5 heteroatoms. The first-order chi connectivity index (χ1) is 13.6. The Bertz CT molecular complexity index is 1150. The van der Waals surface area contributed by atoms with Gasteiger partial charge in [-0.25, -0.2) is 4.98 Å². The third kappa shape index (κ3) is 3.34. The molecule has 0 radical (unpaired) electrons. The van der Waals surface area contributed by atoms with Crippen LogP contribution in [0.5, 0.6) is 5.75 Å². The van der Waals surface area contributed by atoms with Crippen molar-refractivity contribution in [3.8, 4) is 28.3 Å². The Labute approximate surface area is 162 Å². The molecule has 140 valence electrons. The zero-order valence-electron chi connectivity index (χ0n) is 15.5. The van der Waals surface area contributed by atoms with Crippen LogP contribution in [-0.2, 0) is 13.0 Å². The van der Waals surface area contributed by atoms with Crippen LogP contribution in [0, 0.1) is 6.92 Å². The normalized spacial score (nSPS) is 10.9. The highest BCUT2D eigenvalue weighted by Gasteiger charge is 2.19. The van der Waals surface area contributed by atoms with Crippen molar-refractivity contribution in [3.63, 3.8) is 0 Å². The molecule has 0 atom stereocenters. The molecule has 2 aromatic carbocycles. The van der Waals surface area contributed by atoms with E-state index in [1.807, 2.05) is 36.4 Å². The van der Waals surface area contributed by atoms with E-state index in [-0.39, 0.29) is 11.3 Å². The second kappa shape index (κ2) is 7.56. The van der Waals surface area contributed by atoms with Gasteiger partial charge in [0.15, 0.2) is 0 Å². The Morgan fingerprint density at radius 2 is 1.79 bits per heavy atom. The molecule has 0 bridgehead atoms. The van der Waals surface area contributed by atoms with Crippen LogP contribution in [0.2, 0.25) is 0 Å². The third-order valence-electron chi connectivity index (χ3n) is 4.77. The minimum atomic E-state index is -0.150. The van der Waals surface area contributed by atoms with E-state index in [0.717, 1.165) is 5.56 Å². The lowest BCUT2D eigenvalue weighted by Crippen LogP contribution is -2.27. The molecule has 0 fully saturated rings. The third-order valence-corrected chi connectivity index (χ3v) is 4.77. The lowest BCUT2D eigenvalue weighted by molar-refractivity contribution is 0.476. The van der Waals surface area contributed by atoms with E-state index in [0.29, 0.717) is 41.2 Å². The Kier molecular flexibility index (Phi) is 4.81. The minimum absolute atomic E-state index is 0.0957. The van der Waals surface area contributed by atoms with Crippen LogP contribution in [0.1, 0.15) is 11.3 Å². The van der Waals surface area contributed by atoms with Crippen molar-refractivity contribution in [1.82, 2.24) is 9.55 Å². The predicted molar refractivity (Wildman–Crippen MR) is 108 cm³/mol. The zero-order valence-corrected chi connectivity index (χ0v) is 15.5. The average Bonchev–Trinajstić information content (AvgIpc) is 3.22. The molecule has 0 saturated carbocycles. The number of aromatic hydroxyl groups is 1. The smallest absolute Gasteiger partial charge is 0.262 e. The summed E-state index contributed by atoms with van der Waals surface area (Å²) in [6, 6.07) is 18.7. The van der Waals surface area contributed by atoms with Gasteiger partial charge in [0.2, 0.25) is 0 Å². The SMILES string of the molecule is Cc1nc(-c2ccccc2O)n(CCc2ccccc2)c(=O)c1-c1ccoc1. The van der Waals surface area contributed by atoms with Crippen LogP contribution < -0.4 is 5.56 Å². The lowest BCUT2D eigenvalue weighted by Gasteiger charge is -2.16. The minimum Gasteiger partial charge on any atom is -0.507 e. The van der Waals surface area contributed by atoms with Crippen molar-refractivity contribution in [3.05, 3.63) is 94.8 Å². The molecule has 2 aromatic heterocycles. The summed E-state index contributed by atoms with van der Waals surface area (Å²) < 4.78 is 6.80. The number of benzene rings is 2. The number of aryl methyl sites for hydroxylation is 2. The molecule has 0 aliphatic carbocycles. The molecular formula is C23H20N2O3. The van der Waals surface area contributed by atoms with Crippen LogP contribution in [0.15, 0.2) is 82.4 Å². The summed E-state index contributed by atoms with van der Waals surface area (Å²) in [6.45, 7) is 2.25. The van der Waals surface area contributed by atoms with Crippen molar-refractivity contribution in [1.29, 1.82) is 0 Å². The van der Waals surface area contributed by atoms with Crippen molar-refractivity contribution < 1.29 is 9.52 Å². The summed E-state index contributed by atoms with van der Waals surface area (Å²) in [7, 11) is 0. The molecule has 28 heavy (non-hydrogen) atoms. The van der Waals surface area contributed by atoms with E-state index in [2.05, 4.69) is 0 Å². The number of phenols is 1. The number of aromatic nitrogens is 2. The molecule has 0 aliphatic rings. The molecule has 5 nitrogen and oxygen atoms in total. The van der Waals surface area contributed by atoms with Gasteiger partial charge in [0, 0.05) is 12.1 Å². The Morgan fingerprint density at radius 1 is 1.04 bits per heavy atom. The number of hydrogen-bond acceptors (Lipinski definition) is 4. The van der Waals surface area contributed by atoms with Gasteiger partial charge in [-0.15, -0.1) is 0 Å². The Hall–Kier alpha value is -3.60. The first-order valence-corrected chi connectivity index (χ1v) is 9.11. The molecule has 4 rings (SSSR count). The van der Waals surface area contributed by atoms with E-state index < -0.39 is 0 Å². The van der Waals surface area contributed by atoms with Crippen LogP contribution in [0.4, 0.5) is 0 Å². The van der Waals surface area contributed by atoms with Crippen molar-refractivity contribution >= 4 is 0 Å². The van der Waals surface area contributed by atoms with Crippen LogP contribution in [0.25, 0.3) is 22.5 Å². The largest absolute Gasteiger partial charge is 0.507 e. The highest BCUT2D eigenvalue weighted by Crippen LogP contribution is 2.29. The average molecular weight is 372 g/mol. The first-order valence-electron chi connectivity index (χ1n) is 9.11. The highest BCUT2D eigenvalue weighted by molar-refractivity contribution is 5.69. The van der Waals surface area contributed by atoms with Gasteiger partial charge in [0.05, 0.1) is 29.3 Å². The number of furan rings is 1. The lowest BCUT2D eigenvalue weighted by atomic mass is 10.1. The fraction of sp³-hybridized carbons (Fsp3) is 0.130. The molecule has 2 heterocycles. The van der Waals surface area contributed by atoms with Gasteiger partial charge in [0.25, 0.3) is 5.56 Å². The monoisotopic (exact) mass is 372 g/mol. The summed E-state index contributed by atoms with van der Waals surface area (Å²) in [5, 5.41) is 10.3. The van der Waals surface area contributed by atoms with E-state index in [1.165, 1.54) is 0 Å². The maximum Gasteiger partial charge on any atom is 0.262 e. The maximum atomic E-state index is 13.4. The van der Waals surface area contributed by atoms with Crippen molar-refractivity contribution in [2.24, 2.45) is 0 Å². The molecular weight excluding hydrogens is 352 g/mol. The van der Waals surface area contributed by atoms with Crippen molar-refractivity contribution in [2.45, 2.75) is 19.9 Å². The van der Waals surface area contributed by atoms with E-state index in [1.54, 1.807) is 48.3 Å². The summed E-state index contributed by atoms with van der Waals surface area (Å²) in [5.74, 6) is 0.557. The topological polar surface area (TPSA) is 68.3 Å². The van der Waals surface area contributed by atoms with E-state index in [9.17, 15) is 9.90 Å². The van der Waals surface area contributed by atoms with Gasteiger partial charge in [-0.1, -0.05) is 42.5 Å². The first kappa shape index (κ1) is 17.8. The van der Waals surface area contributed by atoms with Gasteiger partial charge >= 0.3 is 0 Å². The molecule has 0 spiro atoms. The van der Waals surface area contributed by atoms with Gasteiger partial charge in [0.1, 0.15) is 11.6 Å². The number of nitrogens with zero attached hydrogens (tertiary/aromatic N) is 2. The van der Waals surface area contributed by atoms with Crippen LogP contribution in [0.3, 0.4) is 0 Å². The number of rotatable bonds is 5. The second-order valence-corrected chi connectivity index (χ2v) is 6.62. The van der Waals surface area contributed by atoms with Gasteiger partial charge in [-0.2, -0.15) is 0 Å². The van der Waals surface area contributed by atoms with Crippen LogP contribution >= 0.6 is 0 Å². The predicted octanol–water partition coefficient (Wildman–Crippen LogP) is 4.43. The molecule has 0 aliphatic heterocycles. The van der Waals surface area contributed by atoms with E-state index in [4.69, 9.17) is 9.40 Å². The highest BCUT2D eigenvalue weighted by atomic mass is 16.3. The Balaban J connectivity index is 1.88. The summed E-state index contributed by atoms with van der Waals surface area (Å²) in [4.78, 5) is 18.1. The quantitative estimate of drug-likeness (QED) is 0.563. The second-order valence-electron chi connectivity index (χ2n) is 6.62. The molecule has 0 unspecified atom stereocenters. The maximum absolute atomic E-state index is 13.4. The fourth-order valence-electron chi connectivity index (χ4n) is 3.36. The number of phenolic OH excluding ortho intramolecular Hbond substituents is 1. The van der Waals surface area contributed by atoms with Crippen molar-refractivity contribution in [2.75, 3.05) is 0 Å². The molecule has 4 aromatic rings. The number of hydrogen-bond donors (Lipinski definition) is 1. The fourth-order valence-corrected chi connectivity index (χ4v) is 3.36. The van der Waals surface area contributed by atoms with Gasteiger partial charge in [-0.3, -0.25) is 9.36 Å².